The number of rotatable bonds is 8. The summed E-state index contributed by atoms with van der Waals surface area (Å²) in [5, 5.41) is 6.05. The lowest BCUT2D eigenvalue weighted by atomic mass is 10.2. The van der Waals surface area contributed by atoms with E-state index in [1.54, 1.807) is 11.3 Å². The molecule has 1 unspecified atom stereocenters. The normalized spacial score (nSPS) is 16.0. The van der Waals surface area contributed by atoms with Gasteiger partial charge in [0.25, 0.3) is 5.91 Å². The SMILES string of the molecule is CCCCNC(=O)c1cc(-c2csc(-c3ccc(C)nc3)n2)n(CC2CCCO2)c1C. The number of carbonyl (C=O) groups excluding carboxylic acids is 1. The van der Waals surface area contributed by atoms with Gasteiger partial charge in [0.2, 0.25) is 0 Å². The van der Waals surface area contributed by atoms with Gasteiger partial charge in [-0.15, -0.1) is 11.3 Å². The lowest BCUT2D eigenvalue weighted by Gasteiger charge is -2.15. The van der Waals surface area contributed by atoms with Crippen LogP contribution in [0.1, 0.15) is 54.4 Å². The van der Waals surface area contributed by atoms with Gasteiger partial charge in [-0.3, -0.25) is 9.78 Å². The number of ether oxygens (including phenoxy) is 1. The number of nitrogens with zero attached hydrogens (tertiary/aromatic N) is 3. The molecule has 0 bridgehead atoms. The number of pyridine rings is 1. The molecule has 164 valence electrons. The van der Waals surface area contributed by atoms with Crippen LogP contribution in [-0.2, 0) is 11.3 Å². The molecule has 3 aromatic rings. The topological polar surface area (TPSA) is 69.0 Å². The van der Waals surface area contributed by atoms with Crippen molar-refractivity contribution in [1.82, 2.24) is 19.9 Å². The molecule has 4 rings (SSSR count). The molecule has 1 atom stereocenters. The molecule has 1 amide bonds. The Morgan fingerprint density at radius 3 is 2.94 bits per heavy atom. The number of hydrogen-bond donors (Lipinski definition) is 1. The van der Waals surface area contributed by atoms with Crippen LogP contribution in [0.15, 0.2) is 29.8 Å². The van der Waals surface area contributed by atoms with E-state index in [2.05, 4.69) is 27.2 Å². The molecule has 1 N–H and O–H groups in total. The second-order valence-electron chi connectivity index (χ2n) is 8.11. The molecule has 1 fully saturated rings. The summed E-state index contributed by atoms with van der Waals surface area (Å²) in [5.74, 6) is -0.0172. The van der Waals surface area contributed by atoms with Gasteiger partial charge in [-0.05, 0) is 51.3 Å². The van der Waals surface area contributed by atoms with E-state index in [4.69, 9.17) is 9.72 Å². The summed E-state index contributed by atoms with van der Waals surface area (Å²) in [6.07, 6.45) is 6.22. The summed E-state index contributed by atoms with van der Waals surface area (Å²) >= 11 is 1.60. The first-order chi connectivity index (χ1) is 15.1. The van der Waals surface area contributed by atoms with Crippen molar-refractivity contribution < 1.29 is 9.53 Å². The Morgan fingerprint density at radius 1 is 1.35 bits per heavy atom. The number of amides is 1. The fourth-order valence-electron chi connectivity index (χ4n) is 3.91. The Kier molecular flexibility index (Phi) is 6.83. The van der Waals surface area contributed by atoms with Crippen LogP contribution in [-0.4, -0.2) is 39.7 Å². The predicted octanol–water partition coefficient (Wildman–Crippen LogP) is 5.00. The summed E-state index contributed by atoms with van der Waals surface area (Å²) in [6.45, 7) is 8.36. The molecular formula is C24H30N4O2S. The molecule has 1 aliphatic heterocycles. The van der Waals surface area contributed by atoms with Crippen molar-refractivity contribution in [2.24, 2.45) is 0 Å². The first kappa shape index (κ1) is 21.7. The number of thiazole rings is 1. The van der Waals surface area contributed by atoms with E-state index >= 15 is 0 Å². The monoisotopic (exact) mass is 438 g/mol. The van der Waals surface area contributed by atoms with E-state index in [0.717, 1.165) is 77.7 Å². The van der Waals surface area contributed by atoms with Crippen LogP contribution in [0.2, 0.25) is 0 Å². The fourth-order valence-corrected chi connectivity index (χ4v) is 4.71. The second-order valence-corrected chi connectivity index (χ2v) is 8.97. The Morgan fingerprint density at radius 2 is 2.23 bits per heavy atom. The van der Waals surface area contributed by atoms with Gasteiger partial charge in [-0.2, -0.15) is 0 Å². The third-order valence-electron chi connectivity index (χ3n) is 5.76. The molecule has 0 aliphatic carbocycles. The molecule has 6 nitrogen and oxygen atoms in total. The molecule has 7 heteroatoms. The number of aromatic nitrogens is 3. The third kappa shape index (κ3) is 4.88. The largest absolute Gasteiger partial charge is 0.376 e. The van der Waals surface area contributed by atoms with Crippen molar-refractivity contribution in [3.05, 3.63) is 46.7 Å². The highest BCUT2D eigenvalue weighted by atomic mass is 32.1. The maximum absolute atomic E-state index is 12.9. The van der Waals surface area contributed by atoms with E-state index < -0.39 is 0 Å². The minimum absolute atomic E-state index is 0.0172. The Bertz CT molecular complexity index is 1030. The van der Waals surface area contributed by atoms with Crippen molar-refractivity contribution in [3.63, 3.8) is 0 Å². The van der Waals surface area contributed by atoms with Crippen LogP contribution < -0.4 is 5.32 Å². The zero-order valence-electron chi connectivity index (χ0n) is 18.5. The van der Waals surface area contributed by atoms with E-state index in [1.165, 1.54) is 0 Å². The van der Waals surface area contributed by atoms with Crippen LogP contribution >= 0.6 is 11.3 Å². The lowest BCUT2D eigenvalue weighted by molar-refractivity contribution is 0.0941. The number of aryl methyl sites for hydroxylation is 1. The minimum atomic E-state index is -0.0172. The summed E-state index contributed by atoms with van der Waals surface area (Å²) in [6, 6.07) is 6.03. The first-order valence-corrected chi connectivity index (χ1v) is 11.9. The molecule has 3 aromatic heterocycles. The van der Waals surface area contributed by atoms with Crippen LogP contribution in [0, 0.1) is 13.8 Å². The number of unbranched alkanes of at least 4 members (excludes halogenated alkanes) is 1. The first-order valence-electron chi connectivity index (χ1n) is 11.1. The summed E-state index contributed by atoms with van der Waals surface area (Å²) < 4.78 is 8.10. The predicted molar refractivity (Wildman–Crippen MR) is 124 cm³/mol. The zero-order chi connectivity index (χ0) is 21.8. The van der Waals surface area contributed by atoms with E-state index in [-0.39, 0.29) is 12.0 Å². The quantitative estimate of drug-likeness (QED) is 0.503. The molecule has 1 aliphatic rings. The average Bonchev–Trinajstić information content (AvgIpc) is 3.51. The molecule has 0 saturated carbocycles. The van der Waals surface area contributed by atoms with Gasteiger partial charge in [0, 0.05) is 48.2 Å². The minimum Gasteiger partial charge on any atom is -0.376 e. The van der Waals surface area contributed by atoms with Gasteiger partial charge in [0.15, 0.2) is 0 Å². The molecular weight excluding hydrogens is 408 g/mol. The number of carbonyl (C=O) groups is 1. The van der Waals surface area contributed by atoms with Crippen molar-refractivity contribution in [3.8, 4) is 22.0 Å². The Balaban J connectivity index is 1.67. The molecule has 0 spiro atoms. The highest BCUT2D eigenvalue weighted by Crippen LogP contribution is 2.32. The van der Waals surface area contributed by atoms with Crippen LogP contribution in [0.3, 0.4) is 0 Å². The molecule has 0 radical (unpaired) electrons. The maximum Gasteiger partial charge on any atom is 0.253 e. The third-order valence-corrected chi connectivity index (χ3v) is 6.65. The van der Waals surface area contributed by atoms with Crippen LogP contribution in [0.5, 0.6) is 0 Å². The number of nitrogens with one attached hydrogen (secondary N) is 1. The summed E-state index contributed by atoms with van der Waals surface area (Å²) in [4.78, 5) is 22.1. The van der Waals surface area contributed by atoms with E-state index in [9.17, 15) is 4.79 Å². The van der Waals surface area contributed by atoms with Crippen molar-refractivity contribution in [1.29, 1.82) is 0 Å². The van der Waals surface area contributed by atoms with Crippen LogP contribution in [0.25, 0.3) is 22.0 Å². The van der Waals surface area contributed by atoms with Gasteiger partial charge in [0.1, 0.15) is 5.01 Å². The van der Waals surface area contributed by atoms with Gasteiger partial charge in [-0.1, -0.05) is 13.3 Å². The smallest absolute Gasteiger partial charge is 0.253 e. The Hall–Kier alpha value is -2.51. The van der Waals surface area contributed by atoms with Gasteiger partial charge in [0.05, 0.1) is 23.1 Å². The standard InChI is InChI=1S/C24H30N4O2S/c1-4-5-10-25-23(29)20-12-22(28(17(20)3)14-19-7-6-11-30-19)21-15-31-24(27-21)18-9-8-16(2)26-13-18/h8-9,12-13,15,19H,4-7,10-11,14H2,1-3H3,(H,25,29). The van der Waals surface area contributed by atoms with E-state index in [0.29, 0.717) is 6.54 Å². The highest BCUT2D eigenvalue weighted by Gasteiger charge is 2.24. The maximum atomic E-state index is 12.9. The molecule has 0 aromatic carbocycles. The average molecular weight is 439 g/mol. The van der Waals surface area contributed by atoms with Gasteiger partial charge >= 0.3 is 0 Å². The fraction of sp³-hybridized carbons (Fsp3) is 0.458. The highest BCUT2D eigenvalue weighted by molar-refractivity contribution is 7.13. The van der Waals surface area contributed by atoms with Crippen LogP contribution in [0.4, 0.5) is 0 Å². The van der Waals surface area contributed by atoms with Crippen molar-refractivity contribution in [2.75, 3.05) is 13.2 Å². The Labute approximate surface area is 187 Å². The summed E-state index contributed by atoms with van der Waals surface area (Å²) in [7, 11) is 0. The van der Waals surface area contributed by atoms with Gasteiger partial charge < -0.3 is 14.6 Å². The second kappa shape index (κ2) is 9.75. The lowest BCUT2D eigenvalue weighted by Crippen LogP contribution is -2.25. The van der Waals surface area contributed by atoms with Crippen molar-refractivity contribution >= 4 is 17.2 Å². The summed E-state index contributed by atoms with van der Waals surface area (Å²) in [5.41, 5.74) is 5.53. The molecule has 31 heavy (non-hydrogen) atoms. The number of hydrogen-bond acceptors (Lipinski definition) is 5. The van der Waals surface area contributed by atoms with Crippen molar-refractivity contribution in [2.45, 2.75) is 59.1 Å². The van der Waals surface area contributed by atoms with E-state index in [1.807, 2.05) is 38.2 Å². The molecule has 4 heterocycles. The van der Waals surface area contributed by atoms with Gasteiger partial charge in [-0.25, -0.2) is 4.98 Å². The zero-order valence-corrected chi connectivity index (χ0v) is 19.3. The molecule has 1 saturated heterocycles.